The van der Waals surface area contributed by atoms with Crippen molar-refractivity contribution >= 4 is 23.4 Å². The van der Waals surface area contributed by atoms with Gasteiger partial charge in [-0.05, 0) is 36.6 Å². The summed E-state index contributed by atoms with van der Waals surface area (Å²) in [5, 5.41) is 0.612. The van der Waals surface area contributed by atoms with E-state index in [9.17, 15) is 9.59 Å². The fraction of sp³-hybridized carbons (Fsp3) is 0.364. The Labute approximate surface area is 170 Å². The molecule has 28 heavy (non-hydrogen) atoms. The zero-order valence-corrected chi connectivity index (χ0v) is 16.8. The normalized spacial score (nSPS) is 16.1. The first-order valence-electron chi connectivity index (χ1n) is 9.51. The SMILES string of the molecule is CN(CCOc1cccc(Cl)c1)C(=O)C1CCCN1C(=O)Cc1ccccc1. The van der Waals surface area contributed by atoms with Gasteiger partial charge in [0.1, 0.15) is 18.4 Å². The van der Waals surface area contributed by atoms with Crippen molar-refractivity contribution in [3.63, 3.8) is 0 Å². The Morgan fingerprint density at radius 2 is 1.96 bits per heavy atom. The minimum atomic E-state index is -0.382. The van der Waals surface area contributed by atoms with E-state index in [0.29, 0.717) is 43.3 Å². The van der Waals surface area contributed by atoms with Crippen LogP contribution in [0.4, 0.5) is 0 Å². The van der Waals surface area contributed by atoms with Crippen LogP contribution >= 0.6 is 11.6 Å². The van der Waals surface area contributed by atoms with Crippen LogP contribution in [0.15, 0.2) is 54.6 Å². The lowest BCUT2D eigenvalue weighted by atomic mass is 10.1. The highest BCUT2D eigenvalue weighted by Gasteiger charge is 2.35. The zero-order chi connectivity index (χ0) is 19.9. The van der Waals surface area contributed by atoms with Crippen molar-refractivity contribution in [2.24, 2.45) is 0 Å². The molecule has 2 aromatic carbocycles. The van der Waals surface area contributed by atoms with E-state index in [2.05, 4.69) is 0 Å². The summed E-state index contributed by atoms with van der Waals surface area (Å²) in [6, 6.07) is 16.4. The fourth-order valence-electron chi connectivity index (χ4n) is 3.42. The quantitative estimate of drug-likeness (QED) is 0.715. The highest BCUT2D eigenvalue weighted by molar-refractivity contribution is 6.30. The number of halogens is 1. The molecule has 0 N–H and O–H groups in total. The maximum atomic E-state index is 12.9. The molecule has 1 unspecified atom stereocenters. The first-order chi connectivity index (χ1) is 13.5. The smallest absolute Gasteiger partial charge is 0.245 e. The highest BCUT2D eigenvalue weighted by Crippen LogP contribution is 2.21. The summed E-state index contributed by atoms with van der Waals surface area (Å²) in [5.41, 5.74) is 0.967. The number of hydrogen-bond acceptors (Lipinski definition) is 3. The maximum Gasteiger partial charge on any atom is 0.245 e. The molecule has 0 aliphatic carbocycles. The van der Waals surface area contributed by atoms with Crippen LogP contribution in [0.5, 0.6) is 5.75 Å². The number of benzene rings is 2. The van der Waals surface area contributed by atoms with Crippen LogP contribution in [0.3, 0.4) is 0 Å². The molecule has 3 rings (SSSR count). The van der Waals surface area contributed by atoms with E-state index in [1.807, 2.05) is 42.5 Å². The molecule has 148 valence electrons. The van der Waals surface area contributed by atoms with Gasteiger partial charge in [0.05, 0.1) is 13.0 Å². The van der Waals surface area contributed by atoms with Gasteiger partial charge < -0.3 is 14.5 Å². The average Bonchev–Trinajstić information content (AvgIpc) is 3.18. The number of amides is 2. The van der Waals surface area contributed by atoms with Crippen molar-refractivity contribution in [2.45, 2.75) is 25.3 Å². The molecule has 2 amide bonds. The Balaban J connectivity index is 1.52. The Bertz CT molecular complexity index is 812. The first-order valence-corrected chi connectivity index (χ1v) is 9.89. The molecule has 1 fully saturated rings. The number of hydrogen-bond donors (Lipinski definition) is 0. The standard InChI is InChI=1S/C22H25ClN2O3/c1-24(13-14-28-19-10-5-9-18(23)16-19)22(27)20-11-6-12-25(20)21(26)15-17-7-3-2-4-8-17/h2-5,7-10,16,20H,6,11-15H2,1H3. The van der Waals surface area contributed by atoms with Crippen molar-refractivity contribution in [3.05, 3.63) is 65.2 Å². The van der Waals surface area contributed by atoms with Crippen LogP contribution in [0.1, 0.15) is 18.4 Å². The second-order valence-corrected chi connectivity index (χ2v) is 7.41. The van der Waals surface area contributed by atoms with Gasteiger partial charge in [-0.3, -0.25) is 9.59 Å². The molecule has 2 aromatic rings. The summed E-state index contributed by atoms with van der Waals surface area (Å²) < 4.78 is 5.66. The topological polar surface area (TPSA) is 49.9 Å². The van der Waals surface area contributed by atoms with Crippen molar-refractivity contribution in [1.29, 1.82) is 0 Å². The van der Waals surface area contributed by atoms with Crippen molar-refractivity contribution in [1.82, 2.24) is 9.80 Å². The molecule has 0 aromatic heterocycles. The van der Waals surface area contributed by atoms with Crippen LogP contribution in [0.2, 0.25) is 5.02 Å². The van der Waals surface area contributed by atoms with Gasteiger partial charge in [0, 0.05) is 18.6 Å². The van der Waals surface area contributed by atoms with Crippen LogP contribution in [0.25, 0.3) is 0 Å². The van der Waals surface area contributed by atoms with E-state index in [1.165, 1.54) is 0 Å². The molecule has 6 heteroatoms. The van der Waals surface area contributed by atoms with Crippen molar-refractivity contribution in [2.75, 3.05) is 26.7 Å². The number of rotatable bonds is 7. The Morgan fingerprint density at radius 3 is 2.71 bits per heavy atom. The number of likely N-dealkylation sites (tertiary alicyclic amines) is 1. The van der Waals surface area contributed by atoms with E-state index < -0.39 is 0 Å². The molecule has 1 heterocycles. The first kappa shape index (κ1) is 20.2. The van der Waals surface area contributed by atoms with E-state index in [-0.39, 0.29) is 17.9 Å². The summed E-state index contributed by atoms with van der Waals surface area (Å²) in [6.45, 7) is 1.45. The van der Waals surface area contributed by atoms with Crippen LogP contribution in [0, 0.1) is 0 Å². The molecule has 0 radical (unpaired) electrons. The van der Waals surface area contributed by atoms with Gasteiger partial charge in [0.25, 0.3) is 0 Å². The number of carbonyl (C=O) groups excluding carboxylic acids is 2. The monoisotopic (exact) mass is 400 g/mol. The van der Waals surface area contributed by atoms with E-state index >= 15 is 0 Å². The van der Waals surface area contributed by atoms with E-state index in [0.717, 1.165) is 12.0 Å². The van der Waals surface area contributed by atoms with Gasteiger partial charge in [-0.25, -0.2) is 0 Å². The van der Waals surface area contributed by atoms with Crippen LogP contribution < -0.4 is 4.74 Å². The second kappa shape index (κ2) is 9.60. The van der Waals surface area contributed by atoms with Gasteiger partial charge in [-0.15, -0.1) is 0 Å². The third kappa shape index (κ3) is 5.26. The molecule has 0 spiro atoms. The fourth-order valence-corrected chi connectivity index (χ4v) is 3.60. The number of nitrogens with zero attached hydrogens (tertiary/aromatic N) is 2. The van der Waals surface area contributed by atoms with Gasteiger partial charge >= 0.3 is 0 Å². The van der Waals surface area contributed by atoms with Crippen molar-refractivity contribution in [3.8, 4) is 5.75 Å². The molecule has 1 aliphatic rings. The summed E-state index contributed by atoms with van der Waals surface area (Å²) in [6.07, 6.45) is 1.88. The van der Waals surface area contributed by atoms with Gasteiger partial charge in [0.2, 0.25) is 11.8 Å². The Kier molecular flexibility index (Phi) is 6.93. The summed E-state index contributed by atoms with van der Waals surface area (Å²) in [5.74, 6) is 0.646. The molecule has 0 saturated carbocycles. The van der Waals surface area contributed by atoms with Crippen LogP contribution in [-0.2, 0) is 16.0 Å². The molecule has 1 atom stereocenters. The molecule has 0 bridgehead atoms. The Morgan fingerprint density at radius 1 is 1.18 bits per heavy atom. The summed E-state index contributed by atoms with van der Waals surface area (Å²) in [7, 11) is 1.75. The minimum Gasteiger partial charge on any atom is -0.492 e. The van der Waals surface area contributed by atoms with Crippen molar-refractivity contribution < 1.29 is 14.3 Å². The molecule has 5 nitrogen and oxygen atoms in total. The molecule has 1 aliphatic heterocycles. The lowest BCUT2D eigenvalue weighted by molar-refractivity contribution is -0.142. The predicted molar refractivity (Wildman–Crippen MR) is 109 cm³/mol. The summed E-state index contributed by atoms with van der Waals surface area (Å²) in [4.78, 5) is 28.9. The van der Waals surface area contributed by atoms with Gasteiger partial charge in [0.15, 0.2) is 0 Å². The highest BCUT2D eigenvalue weighted by atomic mass is 35.5. The lowest BCUT2D eigenvalue weighted by Crippen LogP contribution is -2.47. The second-order valence-electron chi connectivity index (χ2n) is 6.97. The molecule has 1 saturated heterocycles. The van der Waals surface area contributed by atoms with E-state index in [1.54, 1.807) is 29.0 Å². The number of likely N-dealkylation sites (N-methyl/N-ethyl adjacent to an activating group) is 1. The third-order valence-corrected chi connectivity index (χ3v) is 5.16. The zero-order valence-electron chi connectivity index (χ0n) is 16.0. The van der Waals surface area contributed by atoms with Gasteiger partial charge in [-0.2, -0.15) is 0 Å². The summed E-state index contributed by atoms with van der Waals surface area (Å²) >= 11 is 5.94. The van der Waals surface area contributed by atoms with Gasteiger partial charge in [-0.1, -0.05) is 48.0 Å². The average molecular weight is 401 g/mol. The Hall–Kier alpha value is -2.53. The molecular weight excluding hydrogens is 376 g/mol. The predicted octanol–water partition coefficient (Wildman–Crippen LogP) is 3.41. The molecular formula is C22H25ClN2O3. The number of carbonyl (C=O) groups is 2. The van der Waals surface area contributed by atoms with Crippen LogP contribution in [-0.4, -0.2) is 54.4 Å². The lowest BCUT2D eigenvalue weighted by Gasteiger charge is -2.28. The van der Waals surface area contributed by atoms with E-state index in [4.69, 9.17) is 16.3 Å². The maximum absolute atomic E-state index is 12.9. The third-order valence-electron chi connectivity index (χ3n) is 4.92. The minimum absolute atomic E-state index is 0.00521. The number of ether oxygens (including phenoxy) is 1. The largest absolute Gasteiger partial charge is 0.492 e.